The number of carboxylic acids is 2. The van der Waals surface area contributed by atoms with Crippen LogP contribution in [0.1, 0.15) is 24.0 Å². The summed E-state index contributed by atoms with van der Waals surface area (Å²) in [6, 6.07) is 9.91. The second-order valence-corrected chi connectivity index (χ2v) is 9.17. The van der Waals surface area contributed by atoms with Crippen molar-refractivity contribution in [2.45, 2.75) is 49.9 Å². The van der Waals surface area contributed by atoms with Crippen molar-refractivity contribution < 1.29 is 39.3 Å². The lowest BCUT2D eigenvalue weighted by molar-refractivity contribution is -0.143. The molecule has 8 N–H and O–H groups in total. The highest BCUT2D eigenvalue weighted by Gasteiger charge is 2.30. The molecule has 210 valence electrons. The SMILES string of the molecule is NC(Cc1ccccc1)C(=O)NC(CS)C(=O)NC(Cc1ccc(O)cc1)C(=O)NC(CCC(=O)O)C(=O)O. The molecule has 0 saturated carbocycles. The van der Waals surface area contributed by atoms with Crippen LogP contribution in [0.25, 0.3) is 0 Å². The Bertz CT molecular complexity index is 1150. The highest BCUT2D eigenvalue weighted by molar-refractivity contribution is 7.80. The van der Waals surface area contributed by atoms with Crippen molar-refractivity contribution in [1.82, 2.24) is 16.0 Å². The van der Waals surface area contributed by atoms with Gasteiger partial charge in [0.15, 0.2) is 0 Å². The van der Waals surface area contributed by atoms with Crippen LogP contribution in [0.2, 0.25) is 0 Å². The average Bonchev–Trinajstić information content (AvgIpc) is 2.90. The Hall–Kier alpha value is -4.10. The van der Waals surface area contributed by atoms with E-state index in [0.29, 0.717) is 5.56 Å². The Kier molecular flexibility index (Phi) is 12.2. The molecule has 0 saturated heterocycles. The lowest BCUT2D eigenvalue weighted by Crippen LogP contribution is -2.58. The molecule has 39 heavy (non-hydrogen) atoms. The lowest BCUT2D eigenvalue weighted by atomic mass is 10.0. The first kappa shape index (κ1) is 31.1. The van der Waals surface area contributed by atoms with Crippen LogP contribution in [0.5, 0.6) is 5.75 Å². The number of nitrogens with one attached hydrogen (secondary N) is 3. The number of hydrogen-bond donors (Lipinski definition) is 8. The number of thiol groups is 1. The van der Waals surface area contributed by atoms with Crippen LogP contribution in [0.4, 0.5) is 0 Å². The predicted octanol–water partition coefficient (Wildman–Crippen LogP) is -0.162. The summed E-state index contributed by atoms with van der Waals surface area (Å²) < 4.78 is 0. The van der Waals surface area contributed by atoms with E-state index in [9.17, 15) is 34.2 Å². The van der Waals surface area contributed by atoms with E-state index in [-0.39, 0.29) is 30.8 Å². The summed E-state index contributed by atoms with van der Waals surface area (Å²) in [6.45, 7) is 0. The van der Waals surface area contributed by atoms with Gasteiger partial charge in [0.2, 0.25) is 17.7 Å². The van der Waals surface area contributed by atoms with Gasteiger partial charge in [0.1, 0.15) is 23.9 Å². The van der Waals surface area contributed by atoms with Crippen LogP contribution in [0.15, 0.2) is 54.6 Å². The number of nitrogens with two attached hydrogens (primary N) is 1. The molecular weight excluding hydrogens is 528 g/mol. The summed E-state index contributed by atoms with van der Waals surface area (Å²) >= 11 is 4.13. The van der Waals surface area contributed by atoms with Crippen LogP contribution in [-0.4, -0.2) is 74.9 Å². The highest BCUT2D eigenvalue weighted by atomic mass is 32.1. The Balaban J connectivity index is 2.14. The molecule has 0 aliphatic carbocycles. The first-order chi connectivity index (χ1) is 18.5. The lowest BCUT2D eigenvalue weighted by Gasteiger charge is -2.24. The predicted molar refractivity (Wildman–Crippen MR) is 144 cm³/mol. The second-order valence-electron chi connectivity index (χ2n) is 8.80. The van der Waals surface area contributed by atoms with Crippen LogP contribution >= 0.6 is 12.6 Å². The van der Waals surface area contributed by atoms with Crippen molar-refractivity contribution in [3.63, 3.8) is 0 Å². The maximum Gasteiger partial charge on any atom is 0.326 e. The number of aliphatic carboxylic acids is 2. The summed E-state index contributed by atoms with van der Waals surface area (Å²) in [5.74, 6) is -5.06. The number of carbonyl (C=O) groups excluding carboxylic acids is 3. The van der Waals surface area contributed by atoms with E-state index in [0.717, 1.165) is 5.56 Å². The molecule has 0 aromatic heterocycles. The quantitative estimate of drug-likeness (QED) is 0.136. The van der Waals surface area contributed by atoms with Crippen molar-refractivity contribution in [3.05, 3.63) is 65.7 Å². The fourth-order valence-electron chi connectivity index (χ4n) is 3.58. The van der Waals surface area contributed by atoms with Crippen LogP contribution in [0.3, 0.4) is 0 Å². The van der Waals surface area contributed by atoms with E-state index >= 15 is 0 Å². The molecule has 3 amide bonds. The number of phenols is 1. The van der Waals surface area contributed by atoms with Gasteiger partial charge in [-0.3, -0.25) is 19.2 Å². The molecule has 0 aliphatic heterocycles. The van der Waals surface area contributed by atoms with Gasteiger partial charge >= 0.3 is 11.9 Å². The highest BCUT2D eigenvalue weighted by Crippen LogP contribution is 2.12. The number of rotatable bonds is 15. The molecule has 13 heteroatoms. The van der Waals surface area contributed by atoms with Gasteiger partial charge < -0.3 is 37.0 Å². The Morgan fingerprint density at radius 2 is 1.28 bits per heavy atom. The molecule has 0 bridgehead atoms. The van der Waals surface area contributed by atoms with Gasteiger partial charge in [0.05, 0.1) is 6.04 Å². The number of hydrogen-bond acceptors (Lipinski definition) is 8. The molecule has 4 unspecified atom stereocenters. The molecule has 0 aliphatic rings. The standard InChI is InChI=1S/C26H32N4O8S/c27-18(12-15-4-2-1-3-5-15)23(34)30-21(14-39)25(36)29-20(13-16-6-8-17(31)9-7-16)24(35)28-19(26(37)38)10-11-22(32)33/h1-9,18-21,31,39H,10-14,27H2,(H,28,35)(H,29,36)(H,30,34)(H,32,33)(H,37,38). The maximum absolute atomic E-state index is 13.1. The third kappa shape index (κ3) is 10.7. The average molecular weight is 561 g/mol. The molecule has 0 radical (unpaired) electrons. The molecule has 0 fully saturated rings. The number of aromatic hydroxyl groups is 1. The largest absolute Gasteiger partial charge is 0.508 e. The zero-order valence-corrected chi connectivity index (χ0v) is 21.8. The number of carboxylic acid groups (broad SMARTS) is 2. The maximum atomic E-state index is 13.1. The van der Waals surface area contributed by atoms with Gasteiger partial charge in [-0.15, -0.1) is 0 Å². The Morgan fingerprint density at radius 1 is 0.744 bits per heavy atom. The summed E-state index contributed by atoms with van der Waals surface area (Å²) in [5, 5.41) is 35.1. The third-order valence-corrected chi connectivity index (χ3v) is 6.09. The minimum atomic E-state index is -1.51. The molecule has 0 heterocycles. The smallest absolute Gasteiger partial charge is 0.326 e. The molecule has 2 aromatic rings. The number of benzene rings is 2. The van der Waals surface area contributed by atoms with Crippen molar-refractivity contribution in [2.75, 3.05) is 5.75 Å². The van der Waals surface area contributed by atoms with Crippen molar-refractivity contribution in [1.29, 1.82) is 0 Å². The van der Waals surface area contributed by atoms with Crippen LogP contribution in [0, 0.1) is 0 Å². The van der Waals surface area contributed by atoms with Crippen LogP contribution < -0.4 is 21.7 Å². The molecule has 2 aromatic carbocycles. The normalized spacial score (nSPS) is 13.8. The Labute approximate surface area is 230 Å². The van der Waals surface area contributed by atoms with Crippen LogP contribution in [-0.2, 0) is 36.8 Å². The van der Waals surface area contributed by atoms with Gasteiger partial charge in [0, 0.05) is 18.6 Å². The molecule has 4 atom stereocenters. The van der Waals surface area contributed by atoms with Gasteiger partial charge in [-0.1, -0.05) is 42.5 Å². The molecule has 2 rings (SSSR count). The fourth-order valence-corrected chi connectivity index (χ4v) is 3.84. The zero-order chi connectivity index (χ0) is 28.9. The zero-order valence-electron chi connectivity index (χ0n) is 20.9. The first-order valence-corrected chi connectivity index (χ1v) is 12.7. The van der Waals surface area contributed by atoms with Crippen molar-refractivity contribution in [2.24, 2.45) is 5.73 Å². The van der Waals surface area contributed by atoms with E-state index in [2.05, 4.69) is 28.6 Å². The van der Waals surface area contributed by atoms with E-state index in [1.165, 1.54) is 24.3 Å². The van der Waals surface area contributed by atoms with E-state index in [4.69, 9.17) is 10.8 Å². The topological polar surface area (TPSA) is 208 Å². The molecule has 0 spiro atoms. The second kappa shape index (κ2) is 15.3. The number of carbonyl (C=O) groups is 5. The Morgan fingerprint density at radius 3 is 1.85 bits per heavy atom. The van der Waals surface area contributed by atoms with Crippen molar-refractivity contribution >= 4 is 42.3 Å². The van der Waals surface area contributed by atoms with Crippen molar-refractivity contribution in [3.8, 4) is 5.75 Å². The van der Waals surface area contributed by atoms with E-state index < -0.39 is 60.2 Å². The number of phenolic OH excluding ortho intramolecular Hbond substituents is 1. The number of amides is 3. The fraction of sp³-hybridized carbons (Fsp3) is 0.346. The molecular formula is C26H32N4O8S. The summed E-state index contributed by atoms with van der Waals surface area (Å²) in [6.07, 6.45) is -0.732. The third-order valence-electron chi connectivity index (χ3n) is 5.72. The minimum absolute atomic E-state index is 0.0203. The first-order valence-electron chi connectivity index (χ1n) is 12.0. The summed E-state index contributed by atoms with van der Waals surface area (Å²) in [5.41, 5.74) is 7.36. The van der Waals surface area contributed by atoms with Gasteiger partial charge in [-0.25, -0.2) is 4.79 Å². The van der Waals surface area contributed by atoms with E-state index in [1.807, 2.05) is 18.2 Å². The summed E-state index contributed by atoms with van der Waals surface area (Å²) in [4.78, 5) is 61.2. The van der Waals surface area contributed by atoms with E-state index in [1.54, 1.807) is 12.1 Å². The summed E-state index contributed by atoms with van der Waals surface area (Å²) in [7, 11) is 0. The molecule has 12 nitrogen and oxygen atoms in total. The van der Waals surface area contributed by atoms with Gasteiger partial charge in [-0.2, -0.15) is 12.6 Å². The van der Waals surface area contributed by atoms with Gasteiger partial charge in [-0.05, 0) is 36.1 Å². The monoisotopic (exact) mass is 560 g/mol. The van der Waals surface area contributed by atoms with Gasteiger partial charge in [0.25, 0.3) is 0 Å². The minimum Gasteiger partial charge on any atom is -0.508 e.